The van der Waals surface area contributed by atoms with Crippen molar-refractivity contribution in [3.63, 3.8) is 0 Å². The molecule has 0 saturated heterocycles. The van der Waals surface area contributed by atoms with Crippen molar-refractivity contribution in [2.45, 2.75) is 25.1 Å². The molecule has 0 aliphatic heterocycles. The molecule has 0 amide bonds. The summed E-state index contributed by atoms with van der Waals surface area (Å²) in [4.78, 5) is 0. The minimum absolute atomic E-state index is 0.0334. The third-order valence-corrected chi connectivity index (χ3v) is 2.19. The minimum Gasteiger partial charge on any atom is -0.313 e. The second-order valence-electron chi connectivity index (χ2n) is 3.44. The summed E-state index contributed by atoms with van der Waals surface area (Å²) < 4.78 is 37.7. The van der Waals surface area contributed by atoms with Crippen molar-refractivity contribution in [3.8, 4) is 0 Å². The smallest absolute Gasteiger partial charge is 0.313 e. The second-order valence-corrected chi connectivity index (χ2v) is 3.44. The molecule has 1 aromatic rings. The van der Waals surface area contributed by atoms with Crippen LogP contribution in [0.1, 0.15) is 24.4 Å². The standard InChI is InChI=1S/C9H14F3N3/c1-13-8(3-4-9(10,11)12)7-5-14-15(2)6-7/h5-6,8,13H,3-4H2,1-2H3. The van der Waals surface area contributed by atoms with E-state index >= 15 is 0 Å². The van der Waals surface area contributed by atoms with Crippen LogP contribution in [0.3, 0.4) is 0 Å². The van der Waals surface area contributed by atoms with Gasteiger partial charge in [0.15, 0.2) is 0 Å². The molecule has 0 spiro atoms. The molecule has 86 valence electrons. The number of aromatic nitrogens is 2. The van der Waals surface area contributed by atoms with Crippen molar-refractivity contribution < 1.29 is 13.2 Å². The van der Waals surface area contributed by atoms with Crippen LogP contribution in [0.15, 0.2) is 12.4 Å². The third-order valence-electron chi connectivity index (χ3n) is 2.19. The van der Waals surface area contributed by atoms with Crippen LogP contribution >= 0.6 is 0 Å². The first-order valence-corrected chi connectivity index (χ1v) is 4.65. The van der Waals surface area contributed by atoms with Gasteiger partial charge in [0.1, 0.15) is 0 Å². The molecule has 1 heterocycles. The molecule has 1 rings (SSSR count). The average molecular weight is 221 g/mol. The zero-order valence-corrected chi connectivity index (χ0v) is 8.67. The third kappa shape index (κ3) is 3.91. The van der Waals surface area contributed by atoms with Crippen molar-refractivity contribution in [1.82, 2.24) is 15.1 Å². The Bertz CT molecular complexity index is 306. The fourth-order valence-corrected chi connectivity index (χ4v) is 1.41. The van der Waals surface area contributed by atoms with Crippen molar-refractivity contribution in [3.05, 3.63) is 18.0 Å². The van der Waals surface area contributed by atoms with Crippen LogP contribution in [0.4, 0.5) is 13.2 Å². The number of halogens is 3. The molecule has 0 aliphatic carbocycles. The van der Waals surface area contributed by atoms with Gasteiger partial charge in [0.05, 0.1) is 6.20 Å². The minimum atomic E-state index is -4.10. The Labute approximate surface area is 86.3 Å². The molecule has 0 saturated carbocycles. The lowest BCUT2D eigenvalue weighted by Gasteiger charge is -2.15. The van der Waals surface area contributed by atoms with Gasteiger partial charge in [-0.05, 0) is 13.5 Å². The van der Waals surface area contributed by atoms with E-state index in [0.717, 1.165) is 5.56 Å². The van der Waals surface area contributed by atoms with E-state index in [2.05, 4.69) is 10.4 Å². The zero-order chi connectivity index (χ0) is 11.5. The Morgan fingerprint density at radius 1 is 1.53 bits per heavy atom. The predicted molar refractivity (Wildman–Crippen MR) is 50.3 cm³/mol. The fraction of sp³-hybridized carbons (Fsp3) is 0.667. The Morgan fingerprint density at radius 2 is 2.20 bits per heavy atom. The lowest BCUT2D eigenvalue weighted by Crippen LogP contribution is -2.19. The van der Waals surface area contributed by atoms with Crippen LogP contribution in [0.2, 0.25) is 0 Å². The first-order valence-electron chi connectivity index (χ1n) is 4.65. The Balaban J connectivity index is 2.57. The number of nitrogens with zero attached hydrogens (tertiary/aromatic N) is 2. The van der Waals surface area contributed by atoms with Crippen LogP contribution in [-0.4, -0.2) is 23.0 Å². The first kappa shape index (κ1) is 12.0. The number of nitrogens with one attached hydrogen (secondary N) is 1. The summed E-state index contributed by atoms with van der Waals surface area (Å²) in [6.07, 6.45) is -1.55. The highest BCUT2D eigenvalue weighted by molar-refractivity contribution is 5.09. The summed E-state index contributed by atoms with van der Waals surface area (Å²) in [7, 11) is 3.38. The maximum absolute atomic E-state index is 12.0. The maximum atomic E-state index is 12.0. The van der Waals surface area contributed by atoms with Crippen molar-refractivity contribution in [2.24, 2.45) is 7.05 Å². The van der Waals surface area contributed by atoms with E-state index in [9.17, 15) is 13.2 Å². The Hall–Kier alpha value is -1.04. The zero-order valence-electron chi connectivity index (χ0n) is 8.67. The summed E-state index contributed by atoms with van der Waals surface area (Å²) in [5.41, 5.74) is 0.782. The summed E-state index contributed by atoms with van der Waals surface area (Å²) in [5, 5.41) is 6.78. The molecule has 0 radical (unpaired) electrons. The molecule has 0 aromatic carbocycles. The van der Waals surface area contributed by atoms with Gasteiger partial charge in [-0.25, -0.2) is 0 Å². The maximum Gasteiger partial charge on any atom is 0.389 e. The summed E-state index contributed by atoms with van der Waals surface area (Å²) >= 11 is 0. The lowest BCUT2D eigenvalue weighted by atomic mass is 10.1. The van der Waals surface area contributed by atoms with E-state index in [4.69, 9.17) is 0 Å². The quantitative estimate of drug-likeness (QED) is 0.843. The highest BCUT2D eigenvalue weighted by atomic mass is 19.4. The lowest BCUT2D eigenvalue weighted by molar-refractivity contribution is -0.136. The number of hydrogen-bond acceptors (Lipinski definition) is 2. The van der Waals surface area contributed by atoms with Crippen LogP contribution in [0, 0.1) is 0 Å². The van der Waals surface area contributed by atoms with Gasteiger partial charge in [-0.3, -0.25) is 4.68 Å². The Morgan fingerprint density at radius 3 is 2.60 bits per heavy atom. The van der Waals surface area contributed by atoms with E-state index in [0.29, 0.717) is 0 Å². The van der Waals surface area contributed by atoms with E-state index < -0.39 is 12.6 Å². The monoisotopic (exact) mass is 221 g/mol. The van der Waals surface area contributed by atoms with Crippen LogP contribution < -0.4 is 5.32 Å². The van der Waals surface area contributed by atoms with E-state index in [1.807, 2.05) is 0 Å². The average Bonchev–Trinajstić information content (AvgIpc) is 2.51. The number of hydrogen-bond donors (Lipinski definition) is 1. The molecule has 1 unspecified atom stereocenters. The molecular weight excluding hydrogens is 207 g/mol. The number of rotatable bonds is 4. The molecule has 0 bridgehead atoms. The number of alkyl halides is 3. The second kappa shape index (κ2) is 4.65. The van der Waals surface area contributed by atoms with E-state index in [-0.39, 0.29) is 12.5 Å². The van der Waals surface area contributed by atoms with Crippen LogP contribution in [0.5, 0.6) is 0 Å². The van der Waals surface area contributed by atoms with Gasteiger partial charge in [-0.15, -0.1) is 0 Å². The van der Waals surface area contributed by atoms with Crippen molar-refractivity contribution >= 4 is 0 Å². The van der Waals surface area contributed by atoms with Crippen molar-refractivity contribution in [2.75, 3.05) is 7.05 Å². The SMILES string of the molecule is CNC(CCC(F)(F)F)c1cnn(C)c1. The Kier molecular flexibility index (Phi) is 3.73. The predicted octanol–water partition coefficient (Wildman–Crippen LogP) is 2.02. The molecule has 1 N–H and O–H groups in total. The molecule has 0 aliphatic rings. The molecule has 3 nitrogen and oxygen atoms in total. The molecule has 15 heavy (non-hydrogen) atoms. The van der Waals surface area contributed by atoms with Gasteiger partial charge in [0, 0.05) is 31.3 Å². The molecule has 1 atom stereocenters. The van der Waals surface area contributed by atoms with Gasteiger partial charge in [-0.1, -0.05) is 0 Å². The van der Waals surface area contributed by atoms with Gasteiger partial charge in [0.25, 0.3) is 0 Å². The molecule has 0 fully saturated rings. The largest absolute Gasteiger partial charge is 0.389 e. The first-order chi connectivity index (χ1) is 6.92. The summed E-state index contributed by atoms with van der Waals surface area (Å²) in [5.74, 6) is 0. The fourth-order valence-electron chi connectivity index (χ4n) is 1.41. The van der Waals surface area contributed by atoms with Gasteiger partial charge in [-0.2, -0.15) is 18.3 Å². The molecular formula is C9H14F3N3. The molecule has 6 heteroatoms. The van der Waals surface area contributed by atoms with Gasteiger partial charge >= 0.3 is 6.18 Å². The van der Waals surface area contributed by atoms with Crippen LogP contribution in [-0.2, 0) is 7.05 Å². The topological polar surface area (TPSA) is 29.9 Å². The van der Waals surface area contributed by atoms with Crippen LogP contribution in [0.25, 0.3) is 0 Å². The van der Waals surface area contributed by atoms with Gasteiger partial charge < -0.3 is 5.32 Å². The van der Waals surface area contributed by atoms with Crippen molar-refractivity contribution in [1.29, 1.82) is 0 Å². The summed E-state index contributed by atoms with van der Waals surface area (Å²) in [6.45, 7) is 0. The van der Waals surface area contributed by atoms with E-state index in [1.165, 1.54) is 0 Å². The molecule has 1 aromatic heterocycles. The highest BCUT2D eigenvalue weighted by Crippen LogP contribution is 2.26. The normalized spacial score (nSPS) is 14.2. The highest BCUT2D eigenvalue weighted by Gasteiger charge is 2.28. The number of aryl methyl sites for hydroxylation is 1. The summed E-state index contributed by atoms with van der Waals surface area (Å²) in [6, 6.07) is -0.291. The van der Waals surface area contributed by atoms with Gasteiger partial charge in [0.2, 0.25) is 0 Å². The van der Waals surface area contributed by atoms with E-state index in [1.54, 1.807) is 31.2 Å².